The molecule has 4 nitrogen and oxygen atoms in total. The van der Waals surface area contributed by atoms with E-state index in [0.717, 1.165) is 25.9 Å². The van der Waals surface area contributed by atoms with Crippen molar-refractivity contribution in [2.45, 2.75) is 52.6 Å². The normalized spacial score (nSPS) is 21.4. The van der Waals surface area contributed by atoms with E-state index in [1.54, 1.807) is 0 Å². The first-order chi connectivity index (χ1) is 8.48. The van der Waals surface area contributed by atoms with E-state index in [4.69, 9.17) is 10.5 Å². The van der Waals surface area contributed by atoms with Crippen molar-refractivity contribution < 1.29 is 9.53 Å². The van der Waals surface area contributed by atoms with Gasteiger partial charge in [-0.25, -0.2) is 0 Å². The summed E-state index contributed by atoms with van der Waals surface area (Å²) in [5, 5.41) is 0. The highest BCUT2D eigenvalue weighted by Crippen LogP contribution is 2.29. The molecule has 106 valence electrons. The van der Waals surface area contributed by atoms with Crippen molar-refractivity contribution >= 4 is 5.91 Å². The summed E-state index contributed by atoms with van der Waals surface area (Å²) < 4.78 is 5.45. The van der Waals surface area contributed by atoms with Crippen molar-refractivity contribution in [1.82, 2.24) is 4.90 Å². The van der Waals surface area contributed by atoms with Gasteiger partial charge >= 0.3 is 0 Å². The van der Waals surface area contributed by atoms with Crippen LogP contribution in [-0.4, -0.2) is 43.2 Å². The van der Waals surface area contributed by atoms with E-state index in [0.29, 0.717) is 25.0 Å². The topological polar surface area (TPSA) is 55.6 Å². The first-order valence-corrected chi connectivity index (χ1v) is 7.08. The molecule has 0 spiro atoms. The highest BCUT2D eigenvalue weighted by Gasteiger charge is 2.26. The molecule has 0 saturated carbocycles. The van der Waals surface area contributed by atoms with E-state index < -0.39 is 0 Å². The zero-order valence-corrected chi connectivity index (χ0v) is 12.1. The summed E-state index contributed by atoms with van der Waals surface area (Å²) in [7, 11) is 0. The number of amides is 1. The second-order valence-corrected chi connectivity index (χ2v) is 5.92. The van der Waals surface area contributed by atoms with Crippen molar-refractivity contribution in [2.24, 2.45) is 11.1 Å². The maximum atomic E-state index is 12.2. The largest absolute Gasteiger partial charge is 0.377 e. The first-order valence-electron chi connectivity index (χ1n) is 7.08. The van der Waals surface area contributed by atoms with Gasteiger partial charge in [0.05, 0.1) is 12.5 Å². The third-order valence-electron chi connectivity index (χ3n) is 3.76. The van der Waals surface area contributed by atoms with Crippen molar-refractivity contribution in [2.75, 3.05) is 26.2 Å². The Labute approximate surface area is 111 Å². The SMILES string of the molecule is CCOC(CN)CC(=O)N1CCCC(C)(C)CC1. The van der Waals surface area contributed by atoms with Crippen LogP contribution in [0.1, 0.15) is 46.5 Å². The minimum atomic E-state index is -0.126. The smallest absolute Gasteiger partial charge is 0.225 e. The van der Waals surface area contributed by atoms with Gasteiger partial charge in [-0.15, -0.1) is 0 Å². The molecule has 1 amide bonds. The Balaban J connectivity index is 2.46. The summed E-state index contributed by atoms with van der Waals surface area (Å²) in [6, 6.07) is 0. The minimum Gasteiger partial charge on any atom is -0.377 e. The zero-order chi connectivity index (χ0) is 13.6. The van der Waals surface area contributed by atoms with E-state index in [1.165, 1.54) is 6.42 Å². The van der Waals surface area contributed by atoms with Crippen LogP contribution in [0.25, 0.3) is 0 Å². The molecule has 1 fully saturated rings. The van der Waals surface area contributed by atoms with Gasteiger partial charge in [0.1, 0.15) is 0 Å². The van der Waals surface area contributed by atoms with Crippen LogP contribution in [0.3, 0.4) is 0 Å². The van der Waals surface area contributed by atoms with Crippen molar-refractivity contribution in [3.05, 3.63) is 0 Å². The summed E-state index contributed by atoms with van der Waals surface area (Å²) >= 11 is 0. The van der Waals surface area contributed by atoms with Crippen LogP contribution < -0.4 is 5.73 Å². The number of ether oxygens (including phenoxy) is 1. The van der Waals surface area contributed by atoms with E-state index in [1.807, 2.05) is 11.8 Å². The second kappa shape index (κ2) is 7.10. The number of likely N-dealkylation sites (tertiary alicyclic amines) is 1. The zero-order valence-electron chi connectivity index (χ0n) is 12.1. The van der Waals surface area contributed by atoms with Gasteiger partial charge < -0.3 is 15.4 Å². The molecule has 4 heteroatoms. The third-order valence-corrected chi connectivity index (χ3v) is 3.76. The van der Waals surface area contributed by atoms with Crippen LogP contribution in [0.15, 0.2) is 0 Å². The van der Waals surface area contributed by atoms with E-state index in [9.17, 15) is 4.79 Å². The van der Waals surface area contributed by atoms with Crippen molar-refractivity contribution in [1.29, 1.82) is 0 Å². The summed E-state index contributed by atoms with van der Waals surface area (Å²) in [6.45, 7) is 9.28. The number of nitrogens with zero attached hydrogens (tertiary/aromatic N) is 1. The maximum absolute atomic E-state index is 12.2. The quantitative estimate of drug-likeness (QED) is 0.815. The summed E-state index contributed by atoms with van der Waals surface area (Å²) in [5.74, 6) is 0.191. The average Bonchev–Trinajstić information content (AvgIpc) is 2.49. The molecule has 2 N–H and O–H groups in total. The molecule has 1 saturated heterocycles. The molecule has 1 heterocycles. The van der Waals surface area contributed by atoms with Crippen LogP contribution in [0, 0.1) is 5.41 Å². The maximum Gasteiger partial charge on any atom is 0.225 e. The average molecular weight is 256 g/mol. The number of rotatable bonds is 5. The first kappa shape index (κ1) is 15.4. The molecular formula is C14H28N2O2. The Morgan fingerprint density at radius 3 is 2.72 bits per heavy atom. The Morgan fingerprint density at radius 2 is 2.11 bits per heavy atom. The lowest BCUT2D eigenvalue weighted by molar-refractivity contribution is -0.134. The van der Waals surface area contributed by atoms with E-state index >= 15 is 0 Å². The van der Waals surface area contributed by atoms with Crippen LogP contribution in [-0.2, 0) is 9.53 Å². The molecule has 0 bridgehead atoms. The highest BCUT2D eigenvalue weighted by atomic mass is 16.5. The van der Waals surface area contributed by atoms with Gasteiger partial charge in [-0.2, -0.15) is 0 Å². The Hall–Kier alpha value is -0.610. The standard InChI is InChI=1S/C14H28N2O2/c1-4-18-12(11-15)10-13(17)16-8-5-6-14(2,3)7-9-16/h12H,4-11,15H2,1-3H3. The van der Waals surface area contributed by atoms with Gasteiger partial charge in [0.25, 0.3) is 0 Å². The Morgan fingerprint density at radius 1 is 1.39 bits per heavy atom. The number of hydrogen-bond donors (Lipinski definition) is 1. The van der Waals surface area contributed by atoms with Gasteiger partial charge in [-0.1, -0.05) is 13.8 Å². The van der Waals surface area contributed by atoms with E-state index in [-0.39, 0.29) is 12.0 Å². The lowest BCUT2D eigenvalue weighted by Gasteiger charge is -2.25. The van der Waals surface area contributed by atoms with Gasteiger partial charge in [0.2, 0.25) is 5.91 Å². The lowest BCUT2D eigenvalue weighted by atomic mass is 9.85. The minimum absolute atomic E-state index is 0.126. The van der Waals surface area contributed by atoms with Crippen LogP contribution in [0.4, 0.5) is 0 Å². The van der Waals surface area contributed by atoms with Gasteiger partial charge in [0.15, 0.2) is 0 Å². The number of nitrogens with two attached hydrogens (primary N) is 1. The van der Waals surface area contributed by atoms with Crippen molar-refractivity contribution in [3.63, 3.8) is 0 Å². The number of carbonyl (C=O) groups excluding carboxylic acids is 1. The fourth-order valence-corrected chi connectivity index (χ4v) is 2.44. The van der Waals surface area contributed by atoms with Gasteiger partial charge in [-0.05, 0) is 31.6 Å². The molecule has 0 aromatic rings. The fourth-order valence-electron chi connectivity index (χ4n) is 2.44. The van der Waals surface area contributed by atoms with Crippen LogP contribution in [0.5, 0.6) is 0 Å². The Kier molecular flexibility index (Phi) is 6.09. The van der Waals surface area contributed by atoms with Gasteiger partial charge in [0, 0.05) is 26.2 Å². The van der Waals surface area contributed by atoms with Crippen LogP contribution >= 0.6 is 0 Å². The Bertz CT molecular complexity index is 267. The number of hydrogen-bond acceptors (Lipinski definition) is 3. The molecular weight excluding hydrogens is 228 g/mol. The van der Waals surface area contributed by atoms with Gasteiger partial charge in [-0.3, -0.25) is 4.79 Å². The van der Waals surface area contributed by atoms with Crippen molar-refractivity contribution in [3.8, 4) is 0 Å². The van der Waals surface area contributed by atoms with E-state index in [2.05, 4.69) is 13.8 Å². The summed E-state index contributed by atoms with van der Waals surface area (Å²) in [5.41, 5.74) is 5.98. The molecule has 1 aliphatic rings. The molecule has 0 aliphatic carbocycles. The fraction of sp³-hybridized carbons (Fsp3) is 0.929. The molecule has 0 aromatic carbocycles. The molecule has 1 rings (SSSR count). The lowest BCUT2D eigenvalue weighted by Crippen LogP contribution is -2.37. The summed E-state index contributed by atoms with van der Waals surface area (Å²) in [4.78, 5) is 14.2. The predicted octanol–water partition coefficient (Wildman–Crippen LogP) is 1.78. The third kappa shape index (κ3) is 4.94. The molecule has 1 atom stereocenters. The molecule has 18 heavy (non-hydrogen) atoms. The molecule has 0 radical (unpaired) electrons. The second-order valence-electron chi connectivity index (χ2n) is 5.92. The monoisotopic (exact) mass is 256 g/mol. The molecule has 1 unspecified atom stereocenters. The summed E-state index contributed by atoms with van der Waals surface area (Å²) in [6.07, 6.45) is 3.67. The highest BCUT2D eigenvalue weighted by molar-refractivity contribution is 5.76. The van der Waals surface area contributed by atoms with Crippen LogP contribution in [0.2, 0.25) is 0 Å². The molecule has 1 aliphatic heterocycles. The predicted molar refractivity (Wildman–Crippen MR) is 73.3 cm³/mol. The molecule has 0 aromatic heterocycles. The number of carbonyl (C=O) groups is 1.